The summed E-state index contributed by atoms with van der Waals surface area (Å²) in [7, 11) is 5.77. The topological polar surface area (TPSA) is 34.1 Å². The molecule has 2 aromatic rings. The zero-order valence-corrected chi connectivity index (χ0v) is 15.6. The second-order valence-corrected chi connectivity index (χ2v) is 6.30. The molecule has 0 saturated heterocycles. The van der Waals surface area contributed by atoms with Crippen LogP contribution in [0.4, 0.5) is 0 Å². The van der Waals surface area contributed by atoms with E-state index in [9.17, 15) is 0 Å². The van der Waals surface area contributed by atoms with Crippen molar-refractivity contribution in [2.75, 3.05) is 34.4 Å². The molecular formula is C21H28N2O2. The van der Waals surface area contributed by atoms with Crippen molar-refractivity contribution in [1.29, 1.82) is 0 Å². The van der Waals surface area contributed by atoms with Gasteiger partial charge in [-0.1, -0.05) is 30.3 Å². The first-order valence-electron chi connectivity index (χ1n) is 8.61. The average Bonchev–Trinajstić information content (AvgIpc) is 2.64. The van der Waals surface area contributed by atoms with E-state index in [1.807, 2.05) is 44.6 Å². The monoisotopic (exact) mass is 340 g/mol. The fraction of sp³-hybridized carbons (Fsp3) is 0.381. The molecule has 0 aliphatic carbocycles. The zero-order chi connectivity index (χ0) is 18.1. The maximum Gasteiger partial charge on any atom is 0.128 e. The lowest BCUT2D eigenvalue weighted by Crippen LogP contribution is -2.30. The van der Waals surface area contributed by atoms with E-state index in [2.05, 4.69) is 41.1 Å². The Labute approximate surface area is 151 Å². The van der Waals surface area contributed by atoms with Gasteiger partial charge in [-0.3, -0.25) is 4.99 Å². The van der Waals surface area contributed by atoms with Gasteiger partial charge in [0.15, 0.2) is 0 Å². The Hall–Kier alpha value is -2.33. The molecule has 0 spiro atoms. The number of benzene rings is 2. The second kappa shape index (κ2) is 9.84. The Morgan fingerprint density at radius 3 is 2.56 bits per heavy atom. The molecule has 25 heavy (non-hydrogen) atoms. The first kappa shape index (κ1) is 19.0. The summed E-state index contributed by atoms with van der Waals surface area (Å²) in [5, 5.41) is 0. The molecule has 2 rings (SSSR count). The van der Waals surface area contributed by atoms with E-state index in [4.69, 9.17) is 9.47 Å². The molecule has 0 N–H and O–H groups in total. The van der Waals surface area contributed by atoms with Crippen LogP contribution in [0.3, 0.4) is 0 Å². The summed E-state index contributed by atoms with van der Waals surface area (Å²) < 4.78 is 11.3. The Kier molecular flexibility index (Phi) is 7.48. The van der Waals surface area contributed by atoms with Crippen LogP contribution in [0.25, 0.3) is 0 Å². The van der Waals surface area contributed by atoms with E-state index < -0.39 is 0 Å². The van der Waals surface area contributed by atoms with Crippen LogP contribution in [-0.2, 0) is 6.42 Å². The Balaban J connectivity index is 2.02. The molecule has 0 aliphatic rings. The average molecular weight is 340 g/mol. The molecule has 0 saturated carbocycles. The van der Waals surface area contributed by atoms with Crippen LogP contribution in [0.2, 0.25) is 0 Å². The summed E-state index contributed by atoms with van der Waals surface area (Å²) in [5.41, 5.74) is 2.24. The van der Waals surface area contributed by atoms with Crippen molar-refractivity contribution in [2.24, 2.45) is 4.99 Å². The molecule has 0 bridgehead atoms. The van der Waals surface area contributed by atoms with Gasteiger partial charge in [-0.25, -0.2) is 0 Å². The van der Waals surface area contributed by atoms with Crippen molar-refractivity contribution in [1.82, 2.24) is 4.90 Å². The smallest absolute Gasteiger partial charge is 0.128 e. The van der Waals surface area contributed by atoms with E-state index in [1.54, 1.807) is 7.11 Å². The van der Waals surface area contributed by atoms with Crippen LogP contribution in [-0.4, -0.2) is 51.5 Å². The molecule has 4 heteroatoms. The van der Waals surface area contributed by atoms with Crippen molar-refractivity contribution >= 4 is 6.21 Å². The summed E-state index contributed by atoms with van der Waals surface area (Å²) in [6.45, 7) is 3.51. The van der Waals surface area contributed by atoms with E-state index in [1.165, 1.54) is 5.56 Å². The molecule has 0 heterocycles. The number of methoxy groups -OCH3 is 1. The van der Waals surface area contributed by atoms with Gasteiger partial charge in [-0.15, -0.1) is 0 Å². The van der Waals surface area contributed by atoms with Gasteiger partial charge < -0.3 is 14.4 Å². The highest BCUT2D eigenvalue weighted by Gasteiger charge is 2.08. The van der Waals surface area contributed by atoms with E-state index in [0.29, 0.717) is 12.6 Å². The van der Waals surface area contributed by atoms with Crippen molar-refractivity contribution in [3.63, 3.8) is 0 Å². The SMILES string of the molecule is COc1ccc(OCC(C)N(C)C)c(C=NCCc2ccccc2)c1. The van der Waals surface area contributed by atoms with Crippen LogP contribution in [0, 0.1) is 0 Å². The van der Waals surface area contributed by atoms with Crippen LogP contribution in [0.5, 0.6) is 11.5 Å². The summed E-state index contributed by atoms with van der Waals surface area (Å²) >= 11 is 0. The first-order chi connectivity index (χ1) is 12.1. The highest BCUT2D eigenvalue weighted by atomic mass is 16.5. The van der Waals surface area contributed by atoms with Gasteiger partial charge in [-0.05, 0) is 51.2 Å². The molecule has 0 aromatic heterocycles. The lowest BCUT2D eigenvalue weighted by Gasteiger charge is -2.20. The van der Waals surface area contributed by atoms with E-state index in [0.717, 1.165) is 30.0 Å². The fourth-order valence-corrected chi connectivity index (χ4v) is 2.25. The lowest BCUT2D eigenvalue weighted by molar-refractivity contribution is 0.198. The molecule has 0 radical (unpaired) electrons. The van der Waals surface area contributed by atoms with Crippen LogP contribution in [0.15, 0.2) is 53.5 Å². The largest absolute Gasteiger partial charge is 0.497 e. The molecule has 1 atom stereocenters. The van der Waals surface area contributed by atoms with Crippen molar-refractivity contribution < 1.29 is 9.47 Å². The minimum absolute atomic E-state index is 0.338. The van der Waals surface area contributed by atoms with E-state index >= 15 is 0 Å². The fourth-order valence-electron chi connectivity index (χ4n) is 2.25. The van der Waals surface area contributed by atoms with Crippen LogP contribution in [0.1, 0.15) is 18.1 Å². The normalized spacial score (nSPS) is 12.5. The molecular weight excluding hydrogens is 312 g/mol. The van der Waals surface area contributed by atoms with Crippen molar-refractivity contribution in [2.45, 2.75) is 19.4 Å². The van der Waals surface area contributed by atoms with Gasteiger partial charge in [0.25, 0.3) is 0 Å². The predicted molar refractivity (Wildman–Crippen MR) is 104 cm³/mol. The minimum Gasteiger partial charge on any atom is -0.497 e. The standard InChI is InChI=1S/C21H28N2O2/c1-17(23(2)3)16-25-21-11-10-20(24-4)14-19(21)15-22-13-12-18-8-6-5-7-9-18/h5-11,14-15,17H,12-13,16H2,1-4H3. The molecule has 1 unspecified atom stereocenters. The van der Waals surface area contributed by atoms with Gasteiger partial charge in [-0.2, -0.15) is 0 Å². The van der Waals surface area contributed by atoms with Crippen LogP contribution < -0.4 is 9.47 Å². The number of aliphatic imine (C=N–C) groups is 1. The van der Waals surface area contributed by atoms with Crippen LogP contribution >= 0.6 is 0 Å². The van der Waals surface area contributed by atoms with Gasteiger partial charge in [0.1, 0.15) is 18.1 Å². The summed E-state index contributed by atoms with van der Waals surface area (Å²) in [4.78, 5) is 6.70. The van der Waals surface area contributed by atoms with Gasteiger partial charge in [0.2, 0.25) is 0 Å². The number of likely N-dealkylation sites (N-methyl/N-ethyl adjacent to an activating group) is 1. The zero-order valence-electron chi connectivity index (χ0n) is 15.6. The predicted octanol–water partition coefficient (Wildman–Crippen LogP) is 3.69. The first-order valence-corrected chi connectivity index (χ1v) is 8.61. The third kappa shape index (κ3) is 6.24. The number of hydrogen-bond acceptors (Lipinski definition) is 4. The highest BCUT2D eigenvalue weighted by molar-refractivity contribution is 5.84. The number of ether oxygens (including phenoxy) is 2. The third-order valence-electron chi connectivity index (χ3n) is 4.18. The Morgan fingerprint density at radius 2 is 1.88 bits per heavy atom. The van der Waals surface area contributed by atoms with Gasteiger partial charge >= 0.3 is 0 Å². The number of rotatable bonds is 9. The lowest BCUT2D eigenvalue weighted by atomic mass is 10.1. The van der Waals surface area contributed by atoms with Crippen molar-refractivity contribution in [3.05, 3.63) is 59.7 Å². The molecule has 134 valence electrons. The van der Waals surface area contributed by atoms with Gasteiger partial charge in [0.05, 0.1) is 7.11 Å². The summed E-state index contributed by atoms with van der Waals surface area (Å²) in [6, 6.07) is 16.5. The summed E-state index contributed by atoms with van der Waals surface area (Å²) in [5.74, 6) is 1.63. The molecule has 0 amide bonds. The second-order valence-electron chi connectivity index (χ2n) is 6.30. The molecule has 2 aromatic carbocycles. The molecule has 0 fully saturated rings. The Morgan fingerprint density at radius 1 is 1.12 bits per heavy atom. The Bertz CT molecular complexity index is 669. The van der Waals surface area contributed by atoms with Crippen molar-refractivity contribution in [3.8, 4) is 11.5 Å². The maximum atomic E-state index is 5.99. The summed E-state index contributed by atoms with van der Waals surface area (Å²) in [6.07, 6.45) is 2.80. The minimum atomic E-state index is 0.338. The highest BCUT2D eigenvalue weighted by Crippen LogP contribution is 2.23. The molecule has 4 nitrogen and oxygen atoms in total. The molecule has 0 aliphatic heterocycles. The van der Waals surface area contributed by atoms with E-state index in [-0.39, 0.29) is 0 Å². The van der Waals surface area contributed by atoms with Gasteiger partial charge in [0, 0.05) is 24.4 Å². The quantitative estimate of drug-likeness (QED) is 0.653. The number of hydrogen-bond donors (Lipinski definition) is 0. The maximum absolute atomic E-state index is 5.99. The number of nitrogens with zero attached hydrogens (tertiary/aromatic N) is 2. The third-order valence-corrected chi connectivity index (χ3v) is 4.18.